The standard InChI is InChI=1S/C26H26N6O4/c27-18-4-2-1-3-17(18)26(36)32-23-12-19-20(13-28-23)31-24(30-19)14-5-8-16(9-6-14)29-25(35)15-7-10-21(33)22(34)11-15/h5-13,17-18,33-34H,1-4,27H2,(H,29,35)(H,30,31)(H,28,32,36). The van der Waals surface area contributed by atoms with E-state index in [-0.39, 0.29) is 34.9 Å². The summed E-state index contributed by atoms with van der Waals surface area (Å²) in [5, 5.41) is 24.6. The molecule has 0 spiro atoms. The van der Waals surface area contributed by atoms with E-state index in [1.54, 1.807) is 24.4 Å². The van der Waals surface area contributed by atoms with Gasteiger partial charge in [0.15, 0.2) is 11.5 Å². The lowest BCUT2D eigenvalue weighted by Crippen LogP contribution is -2.40. The Hall–Kier alpha value is -4.44. The molecule has 0 bridgehead atoms. The molecule has 2 heterocycles. The summed E-state index contributed by atoms with van der Waals surface area (Å²) in [6, 6.07) is 12.6. The normalized spacial score (nSPS) is 17.6. The third-order valence-corrected chi connectivity index (χ3v) is 6.43. The molecule has 0 saturated heterocycles. The first kappa shape index (κ1) is 23.3. The number of carbonyl (C=O) groups excluding carboxylic acids is 2. The van der Waals surface area contributed by atoms with Crippen LogP contribution in [-0.4, -0.2) is 43.0 Å². The number of nitrogens with two attached hydrogens (primary N) is 1. The molecule has 0 radical (unpaired) electrons. The lowest BCUT2D eigenvalue weighted by Gasteiger charge is -2.27. The Labute approximate surface area is 206 Å². The minimum Gasteiger partial charge on any atom is -0.504 e. The highest BCUT2D eigenvalue weighted by atomic mass is 16.3. The second kappa shape index (κ2) is 9.67. The maximum atomic E-state index is 12.7. The number of H-pyrrole nitrogens is 1. The largest absolute Gasteiger partial charge is 0.504 e. The maximum absolute atomic E-state index is 12.7. The lowest BCUT2D eigenvalue weighted by molar-refractivity contribution is -0.121. The number of pyridine rings is 1. The summed E-state index contributed by atoms with van der Waals surface area (Å²) in [6.45, 7) is 0. The van der Waals surface area contributed by atoms with Gasteiger partial charge in [-0.05, 0) is 55.3 Å². The number of hydrogen-bond acceptors (Lipinski definition) is 7. The van der Waals surface area contributed by atoms with Gasteiger partial charge in [-0.1, -0.05) is 12.8 Å². The zero-order valence-electron chi connectivity index (χ0n) is 19.4. The number of nitrogens with one attached hydrogen (secondary N) is 3. The van der Waals surface area contributed by atoms with Gasteiger partial charge in [-0.15, -0.1) is 0 Å². The van der Waals surface area contributed by atoms with E-state index in [4.69, 9.17) is 5.73 Å². The molecule has 2 aromatic heterocycles. The van der Waals surface area contributed by atoms with E-state index >= 15 is 0 Å². The molecule has 1 fully saturated rings. The van der Waals surface area contributed by atoms with Gasteiger partial charge in [0, 0.05) is 28.9 Å². The van der Waals surface area contributed by atoms with Gasteiger partial charge in [-0.3, -0.25) is 9.59 Å². The van der Waals surface area contributed by atoms with E-state index in [2.05, 4.69) is 25.6 Å². The fourth-order valence-corrected chi connectivity index (χ4v) is 4.40. The number of aromatic hydroxyl groups is 2. The van der Waals surface area contributed by atoms with Crippen LogP contribution in [0.15, 0.2) is 54.7 Å². The molecule has 10 nitrogen and oxygen atoms in total. The monoisotopic (exact) mass is 486 g/mol. The molecule has 2 atom stereocenters. The van der Waals surface area contributed by atoms with Crippen LogP contribution in [0.4, 0.5) is 11.5 Å². The highest BCUT2D eigenvalue weighted by molar-refractivity contribution is 6.04. The van der Waals surface area contributed by atoms with Gasteiger partial charge in [0.1, 0.15) is 11.6 Å². The van der Waals surface area contributed by atoms with Crippen molar-refractivity contribution in [3.05, 3.63) is 60.3 Å². The van der Waals surface area contributed by atoms with Crippen LogP contribution in [0.3, 0.4) is 0 Å². The predicted molar refractivity (Wildman–Crippen MR) is 136 cm³/mol. The number of imidazole rings is 1. The molecule has 2 unspecified atom stereocenters. The summed E-state index contributed by atoms with van der Waals surface area (Å²) in [5.74, 6) is -0.337. The van der Waals surface area contributed by atoms with Crippen molar-refractivity contribution in [3.8, 4) is 22.9 Å². The molecular formula is C26H26N6O4. The van der Waals surface area contributed by atoms with Crippen molar-refractivity contribution in [1.29, 1.82) is 0 Å². The first-order valence-electron chi connectivity index (χ1n) is 11.7. The minimum atomic E-state index is -0.420. The van der Waals surface area contributed by atoms with E-state index in [0.717, 1.165) is 36.8 Å². The highest BCUT2D eigenvalue weighted by Gasteiger charge is 2.28. The Morgan fingerprint density at radius 1 is 0.972 bits per heavy atom. The van der Waals surface area contributed by atoms with E-state index in [0.29, 0.717) is 22.8 Å². The van der Waals surface area contributed by atoms with Crippen LogP contribution in [0.2, 0.25) is 0 Å². The highest BCUT2D eigenvalue weighted by Crippen LogP contribution is 2.27. The van der Waals surface area contributed by atoms with Crippen molar-refractivity contribution >= 4 is 34.4 Å². The summed E-state index contributed by atoms with van der Waals surface area (Å²) in [6.07, 6.45) is 5.33. The van der Waals surface area contributed by atoms with Crippen LogP contribution in [-0.2, 0) is 4.79 Å². The number of nitrogens with zero attached hydrogens (tertiary/aromatic N) is 2. The van der Waals surface area contributed by atoms with Crippen LogP contribution in [0.1, 0.15) is 36.0 Å². The molecule has 5 rings (SSSR count). The Morgan fingerprint density at radius 2 is 1.75 bits per heavy atom. The molecule has 4 aromatic rings. The van der Waals surface area contributed by atoms with E-state index < -0.39 is 5.91 Å². The second-order valence-corrected chi connectivity index (χ2v) is 8.95. The number of rotatable bonds is 5. The molecule has 1 aliphatic rings. The van der Waals surface area contributed by atoms with E-state index in [1.807, 2.05) is 12.1 Å². The third-order valence-electron chi connectivity index (χ3n) is 6.43. The Balaban J connectivity index is 1.28. The van der Waals surface area contributed by atoms with E-state index in [1.165, 1.54) is 18.2 Å². The molecular weight excluding hydrogens is 460 g/mol. The molecule has 1 saturated carbocycles. The number of benzene rings is 2. The van der Waals surface area contributed by atoms with Gasteiger partial charge in [0.05, 0.1) is 23.1 Å². The smallest absolute Gasteiger partial charge is 0.255 e. The zero-order valence-corrected chi connectivity index (χ0v) is 19.4. The topological polar surface area (TPSA) is 166 Å². The van der Waals surface area contributed by atoms with Gasteiger partial charge >= 0.3 is 0 Å². The van der Waals surface area contributed by atoms with Gasteiger partial charge in [-0.25, -0.2) is 9.97 Å². The van der Waals surface area contributed by atoms with E-state index in [9.17, 15) is 19.8 Å². The molecule has 2 aromatic carbocycles. The van der Waals surface area contributed by atoms with Crippen LogP contribution in [0, 0.1) is 5.92 Å². The quantitative estimate of drug-likeness (QED) is 0.234. The number of phenolic OH excluding ortho intramolecular Hbond substituents is 2. The predicted octanol–water partition coefficient (Wildman–Crippen LogP) is 3.74. The average Bonchev–Trinajstić information content (AvgIpc) is 3.30. The Kier molecular flexibility index (Phi) is 6.26. The zero-order chi connectivity index (χ0) is 25.2. The lowest BCUT2D eigenvalue weighted by atomic mass is 9.84. The number of hydrogen-bond donors (Lipinski definition) is 6. The molecule has 7 N–H and O–H groups in total. The second-order valence-electron chi connectivity index (χ2n) is 8.95. The number of aromatic nitrogens is 3. The number of aromatic amines is 1. The van der Waals surface area contributed by atoms with Crippen molar-refractivity contribution in [2.24, 2.45) is 11.7 Å². The Bertz CT molecular complexity index is 1430. The number of anilines is 2. The SMILES string of the molecule is NC1CCCCC1C(=O)Nc1cc2nc(-c3ccc(NC(=O)c4ccc(O)c(O)c4)cc3)[nH]c2cn1. The summed E-state index contributed by atoms with van der Waals surface area (Å²) >= 11 is 0. The fraction of sp³-hybridized carbons (Fsp3) is 0.231. The maximum Gasteiger partial charge on any atom is 0.255 e. The first-order chi connectivity index (χ1) is 17.4. The average molecular weight is 487 g/mol. The molecule has 1 aliphatic carbocycles. The van der Waals surface area contributed by atoms with Gasteiger partial charge < -0.3 is 31.6 Å². The summed E-state index contributed by atoms with van der Waals surface area (Å²) in [5.41, 5.74) is 9.08. The van der Waals surface area contributed by atoms with Crippen LogP contribution >= 0.6 is 0 Å². The van der Waals surface area contributed by atoms with Crippen molar-refractivity contribution in [2.45, 2.75) is 31.7 Å². The summed E-state index contributed by atoms with van der Waals surface area (Å²) in [7, 11) is 0. The van der Waals surface area contributed by atoms with Crippen molar-refractivity contribution in [3.63, 3.8) is 0 Å². The molecule has 10 heteroatoms. The minimum absolute atomic E-state index is 0.107. The first-order valence-corrected chi connectivity index (χ1v) is 11.7. The fourth-order valence-electron chi connectivity index (χ4n) is 4.40. The van der Waals surface area contributed by atoms with Crippen molar-refractivity contribution in [2.75, 3.05) is 10.6 Å². The van der Waals surface area contributed by atoms with Crippen molar-refractivity contribution in [1.82, 2.24) is 15.0 Å². The number of phenols is 2. The third kappa shape index (κ3) is 4.84. The molecule has 184 valence electrons. The Morgan fingerprint density at radius 3 is 2.50 bits per heavy atom. The van der Waals surface area contributed by atoms with Gasteiger partial charge in [-0.2, -0.15) is 0 Å². The van der Waals surface area contributed by atoms with Gasteiger partial charge in [0.2, 0.25) is 5.91 Å². The number of amides is 2. The van der Waals surface area contributed by atoms with Crippen molar-refractivity contribution < 1.29 is 19.8 Å². The molecule has 0 aliphatic heterocycles. The number of fused-ring (bicyclic) bond motifs is 1. The van der Waals surface area contributed by atoms with Crippen LogP contribution in [0.5, 0.6) is 11.5 Å². The summed E-state index contributed by atoms with van der Waals surface area (Å²) < 4.78 is 0. The van der Waals surface area contributed by atoms with Crippen LogP contribution < -0.4 is 16.4 Å². The molecule has 36 heavy (non-hydrogen) atoms. The summed E-state index contributed by atoms with van der Waals surface area (Å²) in [4.78, 5) is 37.2. The van der Waals surface area contributed by atoms with Gasteiger partial charge in [0.25, 0.3) is 5.91 Å². The van der Waals surface area contributed by atoms with Crippen LogP contribution in [0.25, 0.3) is 22.4 Å². The number of carbonyl (C=O) groups is 2. The molecule has 2 amide bonds.